The number of aliphatic imine (C=N–C) groups is 1. The van der Waals surface area contributed by atoms with Gasteiger partial charge < -0.3 is 20.0 Å². The lowest BCUT2D eigenvalue weighted by atomic mass is 10.0. The van der Waals surface area contributed by atoms with Crippen molar-refractivity contribution in [2.75, 3.05) is 24.5 Å². The standard InChI is InChI=1S/C20H27N5O2.HI/c1-4-21-20(22-12-18-24-14(2)15(3)27-18)23-13-19(26)25-11-7-9-16-8-5-6-10-17(16)25;/h5-6,8,10H,4,7,9,11-13H2,1-3H3,(H2,21,22,23);1H. The first-order chi connectivity index (χ1) is 13.1. The summed E-state index contributed by atoms with van der Waals surface area (Å²) in [5, 5.41) is 6.32. The first-order valence-corrected chi connectivity index (χ1v) is 9.42. The Bertz CT molecular complexity index is 814. The number of carbonyl (C=O) groups is 1. The highest BCUT2D eigenvalue weighted by Gasteiger charge is 2.21. The van der Waals surface area contributed by atoms with Gasteiger partial charge in [-0.05, 0) is 45.2 Å². The largest absolute Gasteiger partial charge is 0.444 e. The number of benzene rings is 1. The lowest BCUT2D eigenvalue weighted by Crippen LogP contribution is -2.40. The van der Waals surface area contributed by atoms with Gasteiger partial charge in [-0.2, -0.15) is 0 Å². The third-order valence-corrected chi connectivity index (χ3v) is 4.61. The van der Waals surface area contributed by atoms with E-state index in [1.165, 1.54) is 5.56 Å². The van der Waals surface area contributed by atoms with Gasteiger partial charge in [-0.15, -0.1) is 24.0 Å². The predicted molar refractivity (Wildman–Crippen MR) is 121 cm³/mol. The Morgan fingerprint density at radius 2 is 2.07 bits per heavy atom. The molecule has 152 valence electrons. The van der Waals surface area contributed by atoms with Gasteiger partial charge in [0.25, 0.3) is 0 Å². The highest BCUT2D eigenvalue weighted by atomic mass is 127. The molecule has 3 rings (SSSR count). The molecule has 0 bridgehead atoms. The number of carbonyl (C=O) groups excluding carboxylic acids is 1. The number of halogens is 1. The Balaban J connectivity index is 0.00000280. The number of fused-ring (bicyclic) bond motifs is 1. The van der Waals surface area contributed by atoms with Crippen molar-refractivity contribution in [3.05, 3.63) is 47.2 Å². The fourth-order valence-corrected chi connectivity index (χ4v) is 3.14. The van der Waals surface area contributed by atoms with Crippen LogP contribution >= 0.6 is 24.0 Å². The molecule has 0 saturated carbocycles. The summed E-state index contributed by atoms with van der Waals surface area (Å²) in [6.07, 6.45) is 2.00. The fraction of sp³-hybridized carbons (Fsp3) is 0.450. The normalized spacial score (nSPS) is 13.5. The maximum Gasteiger partial charge on any atom is 0.248 e. The van der Waals surface area contributed by atoms with Gasteiger partial charge in [0.2, 0.25) is 11.8 Å². The second-order valence-corrected chi connectivity index (χ2v) is 6.58. The molecule has 7 nitrogen and oxygen atoms in total. The van der Waals surface area contributed by atoms with Crippen molar-refractivity contribution in [2.45, 2.75) is 40.2 Å². The van der Waals surface area contributed by atoms with Crippen molar-refractivity contribution in [1.82, 2.24) is 15.6 Å². The minimum atomic E-state index is 0. The van der Waals surface area contributed by atoms with Gasteiger partial charge in [-0.3, -0.25) is 4.79 Å². The van der Waals surface area contributed by atoms with Gasteiger partial charge >= 0.3 is 0 Å². The van der Waals surface area contributed by atoms with Crippen LogP contribution in [0, 0.1) is 13.8 Å². The minimum absolute atomic E-state index is 0. The van der Waals surface area contributed by atoms with Crippen molar-refractivity contribution in [3.8, 4) is 0 Å². The summed E-state index contributed by atoms with van der Waals surface area (Å²) >= 11 is 0. The molecule has 2 heterocycles. The Morgan fingerprint density at radius 1 is 1.29 bits per heavy atom. The molecule has 1 aliphatic rings. The molecule has 2 aromatic rings. The number of amides is 1. The molecule has 2 N–H and O–H groups in total. The number of aromatic nitrogens is 1. The van der Waals surface area contributed by atoms with E-state index < -0.39 is 0 Å². The highest BCUT2D eigenvalue weighted by molar-refractivity contribution is 14.0. The molecule has 0 fully saturated rings. The summed E-state index contributed by atoms with van der Waals surface area (Å²) in [5.74, 6) is 1.99. The summed E-state index contributed by atoms with van der Waals surface area (Å²) in [5.41, 5.74) is 3.11. The van der Waals surface area contributed by atoms with Crippen LogP contribution in [0.2, 0.25) is 0 Å². The van der Waals surface area contributed by atoms with E-state index in [0.29, 0.717) is 24.9 Å². The van der Waals surface area contributed by atoms with E-state index in [1.54, 1.807) is 0 Å². The molecule has 1 amide bonds. The average Bonchev–Trinajstić information content (AvgIpc) is 3.01. The van der Waals surface area contributed by atoms with E-state index in [0.717, 1.165) is 36.5 Å². The number of rotatable bonds is 5. The molecule has 28 heavy (non-hydrogen) atoms. The summed E-state index contributed by atoms with van der Waals surface area (Å²) in [7, 11) is 0. The summed E-state index contributed by atoms with van der Waals surface area (Å²) in [6.45, 7) is 7.74. The van der Waals surface area contributed by atoms with E-state index in [2.05, 4.69) is 26.7 Å². The molecule has 0 atom stereocenters. The number of aryl methyl sites for hydroxylation is 3. The summed E-state index contributed by atoms with van der Waals surface area (Å²) in [4.78, 5) is 23.4. The van der Waals surface area contributed by atoms with E-state index in [4.69, 9.17) is 4.42 Å². The van der Waals surface area contributed by atoms with E-state index >= 15 is 0 Å². The van der Waals surface area contributed by atoms with Crippen LogP contribution in [0.4, 0.5) is 5.69 Å². The monoisotopic (exact) mass is 497 g/mol. The van der Waals surface area contributed by atoms with Crippen molar-refractivity contribution in [1.29, 1.82) is 0 Å². The van der Waals surface area contributed by atoms with Gasteiger partial charge in [-0.1, -0.05) is 18.2 Å². The molecular formula is C20H28IN5O2. The van der Waals surface area contributed by atoms with Crippen LogP contribution < -0.4 is 15.5 Å². The third kappa shape index (κ3) is 5.46. The number of anilines is 1. The predicted octanol–water partition coefficient (Wildman–Crippen LogP) is 2.94. The van der Waals surface area contributed by atoms with Crippen LogP contribution in [0.3, 0.4) is 0 Å². The topological polar surface area (TPSA) is 82.8 Å². The molecule has 1 aliphatic heterocycles. The number of oxazole rings is 1. The van der Waals surface area contributed by atoms with Gasteiger partial charge in [0, 0.05) is 18.8 Å². The zero-order valence-corrected chi connectivity index (χ0v) is 18.9. The Labute approximate surface area is 183 Å². The fourth-order valence-electron chi connectivity index (χ4n) is 3.14. The van der Waals surface area contributed by atoms with Crippen LogP contribution in [-0.2, 0) is 17.8 Å². The van der Waals surface area contributed by atoms with Crippen LogP contribution in [0.5, 0.6) is 0 Å². The maximum absolute atomic E-state index is 12.7. The molecule has 1 aromatic heterocycles. The zero-order valence-electron chi connectivity index (χ0n) is 16.6. The lowest BCUT2D eigenvalue weighted by molar-refractivity contribution is -0.117. The van der Waals surface area contributed by atoms with E-state index in [-0.39, 0.29) is 36.4 Å². The third-order valence-electron chi connectivity index (χ3n) is 4.61. The lowest BCUT2D eigenvalue weighted by Gasteiger charge is -2.29. The first kappa shape index (κ1) is 22.2. The number of hydrogen-bond donors (Lipinski definition) is 2. The van der Waals surface area contributed by atoms with Crippen molar-refractivity contribution >= 4 is 41.5 Å². The second-order valence-electron chi connectivity index (χ2n) is 6.58. The Kier molecular flexibility index (Phi) is 8.28. The van der Waals surface area contributed by atoms with Crippen molar-refractivity contribution in [3.63, 3.8) is 0 Å². The highest BCUT2D eigenvalue weighted by Crippen LogP contribution is 2.26. The molecule has 0 spiro atoms. The molecule has 0 aliphatic carbocycles. The molecular weight excluding hydrogens is 469 g/mol. The number of hydrogen-bond acceptors (Lipinski definition) is 4. The number of guanidine groups is 1. The van der Waals surface area contributed by atoms with E-state index in [1.807, 2.05) is 43.9 Å². The van der Waals surface area contributed by atoms with Gasteiger partial charge in [0.15, 0.2) is 5.96 Å². The van der Waals surface area contributed by atoms with Crippen LogP contribution in [0.1, 0.15) is 36.3 Å². The van der Waals surface area contributed by atoms with Gasteiger partial charge in [-0.25, -0.2) is 9.98 Å². The van der Waals surface area contributed by atoms with Crippen LogP contribution in [-0.4, -0.2) is 36.5 Å². The average molecular weight is 497 g/mol. The second kappa shape index (κ2) is 10.4. The molecule has 0 unspecified atom stereocenters. The number of para-hydroxylation sites is 1. The quantitative estimate of drug-likeness (QED) is 0.377. The smallest absolute Gasteiger partial charge is 0.248 e. The number of nitrogens with one attached hydrogen (secondary N) is 2. The molecule has 0 radical (unpaired) electrons. The van der Waals surface area contributed by atoms with Crippen LogP contribution in [0.15, 0.2) is 33.7 Å². The van der Waals surface area contributed by atoms with Gasteiger partial charge in [0.05, 0.1) is 12.2 Å². The zero-order chi connectivity index (χ0) is 19.2. The van der Waals surface area contributed by atoms with Crippen molar-refractivity contribution in [2.24, 2.45) is 4.99 Å². The molecule has 8 heteroatoms. The number of nitrogens with zero attached hydrogens (tertiary/aromatic N) is 3. The van der Waals surface area contributed by atoms with Crippen LogP contribution in [0.25, 0.3) is 0 Å². The summed E-state index contributed by atoms with van der Waals surface area (Å²) in [6, 6.07) is 8.08. The van der Waals surface area contributed by atoms with E-state index in [9.17, 15) is 4.79 Å². The molecule has 1 aromatic carbocycles. The van der Waals surface area contributed by atoms with Gasteiger partial charge in [0.1, 0.15) is 12.3 Å². The minimum Gasteiger partial charge on any atom is -0.444 e. The maximum atomic E-state index is 12.7. The Hall–Kier alpha value is -2.10. The van der Waals surface area contributed by atoms with Crippen molar-refractivity contribution < 1.29 is 9.21 Å². The first-order valence-electron chi connectivity index (χ1n) is 9.42. The summed E-state index contributed by atoms with van der Waals surface area (Å²) < 4.78 is 5.57. The molecule has 0 saturated heterocycles. The Morgan fingerprint density at radius 3 is 2.79 bits per heavy atom. The SMILES string of the molecule is CCNC(=NCC(=O)N1CCCc2ccccc21)NCc1nc(C)c(C)o1.I.